The van der Waals surface area contributed by atoms with E-state index in [4.69, 9.17) is 4.74 Å². The van der Waals surface area contributed by atoms with Crippen LogP contribution in [0.5, 0.6) is 0 Å². The molecule has 0 aliphatic heterocycles. The van der Waals surface area contributed by atoms with Crippen LogP contribution in [0.1, 0.15) is 34.5 Å². The molecule has 0 saturated carbocycles. The first kappa shape index (κ1) is 28.2. The highest BCUT2D eigenvalue weighted by atomic mass is 19.4. The van der Waals surface area contributed by atoms with Crippen molar-refractivity contribution in [3.63, 3.8) is 0 Å². The van der Waals surface area contributed by atoms with Gasteiger partial charge in [-0.2, -0.15) is 26.3 Å². The van der Waals surface area contributed by atoms with Gasteiger partial charge >= 0.3 is 18.0 Å². The molecule has 15 heteroatoms. The number of hydrogen-bond acceptors (Lipinski definition) is 6. The second-order valence-electron chi connectivity index (χ2n) is 7.18. The fraction of sp³-hybridized carbons (Fsp3) is 0.286. The Morgan fingerprint density at radius 2 is 1.75 bits per heavy atom. The van der Waals surface area contributed by atoms with Crippen LogP contribution < -0.4 is 10.9 Å². The molecule has 9 nitrogen and oxygen atoms in total. The molecule has 0 radical (unpaired) electrons. The Hall–Kier alpha value is -4.01. The van der Waals surface area contributed by atoms with Crippen molar-refractivity contribution in [3.05, 3.63) is 82.2 Å². The van der Waals surface area contributed by atoms with E-state index in [2.05, 4.69) is 11.6 Å². The molecule has 2 aromatic rings. The fourth-order valence-corrected chi connectivity index (χ4v) is 2.89. The Kier molecular flexibility index (Phi) is 8.75. The maximum Gasteiger partial charge on any atom is 0.426 e. The molecular weight excluding hydrogens is 502 g/mol. The first-order chi connectivity index (χ1) is 16.7. The van der Waals surface area contributed by atoms with E-state index in [-0.39, 0.29) is 18.7 Å². The number of halogens is 6. The minimum atomic E-state index is -5.29. The number of ether oxygens (including phenoxy) is 1. The number of nitrogens with zero attached hydrogens (tertiary/aromatic N) is 2. The molecule has 2 rings (SSSR count). The Balaban J connectivity index is 2.31. The van der Waals surface area contributed by atoms with Crippen molar-refractivity contribution in [2.24, 2.45) is 0 Å². The van der Waals surface area contributed by atoms with Gasteiger partial charge in [-0.25, -0.2) is 4.98 Å². The van der Waals surface area contributed by atoms with Crippen LogP contribution in [0.15, 0.2) is 55.3 Å². The van der Waals surface area contributed by atoms with Gasteiger partial charge in [0, 0.05) is 12.3 Å². The number of nitro groups is 1. The largest absolute Gasteiger partial charge is 0.426 e. The summed E-state index contributed by atoms with van der Waals surface area (Å²) in [5.41, 5.74) is -4.29. The van der Waals surface area contributed by atoms with Gasteiger partial charge in [-0.15, -0.1) is 6.58 Å². The van der Waals surface area contributed by atoms with Crippen LogP contribution in [0.4, 0.5) is 32.0 Å². The summed E-state index contributed by atoms with van der Waals surface area (Å²) in [6.07, 6.45) is -10.4. The monoisotopic (exact) mass is 520 g/mol. The molecule has 1 heterocycles. The van der Waals surface area contributed by atoms with E-state index in [9.17, 15) is 46.0 Å². The number of alkyl halides is 6. The number of hydrazine groups is 1. The van der Waals surface area contributed by atoms with E-state index < -0.39 is 64.7 Å². The lowest BCUT2D eigenvalue weighted by atomic mass is 9.95. The zero-order chi connectivity index (χ0) is 27.1. The molecule has 0 fully saturated rings. The summed E-state index contributed by atoms with van der Waals surface area (Å²) in [6, 6.07) is 7.59. The normalized spacial score (nSPS) is 13.4. The molecule has 0 spiro atoms. The predicted octanol–water partition coefficient (Wildman–Crippen LogP) is 4.25. The van der Waals surface area contributed by atoms with Crippen LogP contribution in [-0.2, 0) is 22.3 Å². The van der Waals surface area contributed by atoms with E-state index in [1.54, 1.807) is 6.07 Å². The van der Waals surface area contributed by atoms with E-state index in [1.807, 2.05) is 0 Å². The van der Waals surface area contributed by atoms with E-state index >= 15 is 0 Å². The Morgan fingerprint density at radius 1 is 1.11 bits per heavy atom. The molecule has 0 bridgehead atoms. The van der Waals surface area contributed by atoms with Crippen LogP contribution >= 0.6 is 0 Å². The lowest BCUT2D eigenvalue weighted by molar-refractivity contribution is -0.385. The van der Waals surface area contributed by atoms with Gasteiger partial charge in [0.05, 0.1) is 17.1 Å². The van der Waals surface area contributed by atoms with Gasteiger partial charge in [-0.05, 0) is 18.4 Å². The molecule has 2 amide bonds. The molecule has 0 aliphatic rings. The van der Waals surface area contributed by atoms with Crippen molar-refractivity contribution in [2.45, 2.75) is 37.4 Å². The van der Waals surface area contributed by atoms with Gasteiger partial charge in [0.25, 0.3) is 11.8 Å². The third-order valence-electron chi connectivity index (χ3n) is 4.75. The molecular formula is C21H18F6N4O5. The second-order valence-corrected chi connectivity index (χ2v) is 7.18. The summed E-state index contributed by atoms with van der Waals surface area (Å²) in [7, 11) is 0. The van der Waals surface area contributed by atoms with Crippen LogP contribution in [-0.4, -0.2) is 33.5 Å². The summed E-state index contributed by atoms with van der Waals surface area (Å²) in [4.78, 5) is 37.8. The molecule has 0 saturated heterocycles. The van der Waals surface area contributed by atoms with Gasteiger partial charge in [0.2, 0.25) is 11.3 Å². The number of benzene rings is 1. The lowest BCUT2D eigenvalue weighted by Crippen LogP contribution is -2.61. The number of pyridine rings is 1. The second kappa shape index (κ2) is 11.2. The number of hydrogen-bond donors (Lipinski definition) is 2. The highest BCUT2D eigenvalue weighted by molar-refractivity contribution is 5.98. The van der Waals surface area contributed by atoms with E-state index in [0.29, 0.717) is 5.56 Å². The molecule has 0 aliphatic carbocycles. The van der Waals surface area contributed by atoms with Crippen LogP contribution in [0.25, 0.3) is 0 Å². The Bertz CT molecular complexity index is 1120. The summed E-state index contributed by atoms with van der Waals surface area (Å²) in [5.74, 6) is -3.51. The smallest absolute Gasteiger partial charge is 0.352 e. The summed E-state index contributed by atoms with van der Waals surface area (Å²) >= 11 is 0. The lowest BCUT2D eigenvalue weighted by Gasteiger charge is -2.34. The van der Waals surface area contributed by atoms with Crippen molar-refractivity contribution in [3.8, 4) is 0 Å². The topological polar surface area (TPSA) is 123 Å². The fourth-order valence-electron chi connectivity index (χ4n) is 2.89. The third-order valence-corrected chi connectivity index (χ3v) is 4.75. The average Bonchev–Trinajstić information content (AvgIpc) is 2.81. The highest BCUT2D eigenvalue weighted by Gasteiger charge is 2.61. The minimum Gasteiger partial charge on any atom is -0.352 e. The number of amides is 2. The van der Waals surface area contributed by atoms with Crippen LogP contribution in [0, 0.1) is 10.1 Å². The zero-order valence-electron chi connectivity index (χ0n) is 18.2. The van der Waals surface area contributed by atoms with Crippen LogP contribution in [0.2, 0.25) is 0 Å². The number of allylic oxidation sites excluding steroid dienone is 1. The first-order valence-corrected chi connectivity index (χ1v) is 9.91. The summed E-state index contributed by atoms with van der Waals surface area (Å²) in [6.45, 7) is 2.66. The average molecular weight is 520 g/mol. The van der Waals surface area contributed by atoms with Crippen molar-refractivity contribution in [2.75, 3.05) is 0 Å². The van der Waals surface area contributed by atoms with Gasteiger partial charge in [0.1, 0.15) is 0 Å². The Labute approximate surface area is 199 Å². The zero-order valence-corrected chi connectivity index (χ0v) is 18.2. The minimum absolute atomic E-state index is 0.0246. The number of nitrogens with one attached hydrogen (secondary N) is 2. The van der Waals surface area contributed by atoms with Crippen molar-refractivity contribution in [1.29, 1.82) is 0 Å². The van der Waals surface area contributed by atoms with Crippen LogP contribution in [0.3, 0.4) is 0 Å². The SMILES string of the molecule is C=CCCC(OCc1ccccc1)(C(=O)NNC(=O)c1ncc(C(F)(F)F)cc1[N+](=O)[O-])C(F)(F)F. The van der Waals surface area contributed by atoms with Gasteiger partial charge in [0.15, 0.2) is 0 Å². The number of aromatic nitrogens is 1. The number of carbonyl (C=O) groups is 2. The quantitative estimate of drug-likeness (QED) is 0.221. The van der Waals surface area contributed by atoms with Crippen molar-refractivity contribution < 1.29 is 45.6 Å². The molecule has 36 heavy (non-hydrogen) atoms. The first-order valence-electron chi connectivity index (χ1n) is 9.91. The molecule has 1 unspecified atom stereocenters. The van der Waals surface area contributed by atoms with Gasteiger partial charge < -0.3 is 4.74 Å². The molecule has 1 atom stereocenters. The van der Waals surface area contributed by atoms with Crippen molar-refractivity contribution >= 4 is 17.5 Å². The standard InChI is InChI=1S/C21H18F6N4O5/c1-2-3-9-19(21(25,26)27,36-12-13-7-5-4-6-8-13)18(33)30-29-17(32)16-15(31(34)35)10-14(11-28-16)20(22,23)24/h2,4-8,10-11H,1,3,9,12H2,(H,29,32)(H,30,33). The van der Waals surface area contributed by atoms with E-state index in [1.165, 1.54) is 35.1 Å². The van der Waals surface area contributed by atoms with E-state index in [0.717, 1.165) is 6.08 Å². The Morgan fingerprint density at radius 3 is 2.28 bits per heavy atom. The van der Waals surface area contributed by atoms with Crippen molar-refractivity contribution in [1.82, 2.24) is 15.8 Å². The summed E-state index contributed by atoms with van der Waals surface area (Å²) < 4.78 is 85.7. The number of carbonyl (C=O) groups excluding carboxylic acids is 2. The van der Waals surface area contributed by atoms with Gasteiger partial charge in [-0.3, -0.25) is 30.6 Å². The predicted molar refractivity (Wildman–Crippen MR) is 111 cm³/mol. The maximum absolute atomic E-state index is 14.1. The summed E-state index contributed by atoms with van der Waals surface area (Å²) in [5, 5.41) is 11.1. The highest BCUT2D eigenvalue weighted by Crippen LogP contribution is 2.39. The molecule has 2 N–H and O–H groups in total. The molecule has 1 aromatic carbocycles. The number of rotatable bonds is 9. The van der Waals surface area contributed by atoms with Gasteiger partial charge in [-0.1, -0.05) is 36.4 Å². The molecule has 194 valence electrons. The maximum atomic E-state index is 14.1. The third kappa shape index (κ3) is 6.56. The molecule has 1 aromatic heterocycles.